The Morgan fingerprint density at radius 3 is 2.70 bits per heavy atom. The summed E-state index contributed by atoms with van der Waals surface area (Å²) in [6, 6.07) is 6.28. The zero-order valence-corrected chi connectivity index (χ0v) is 17.0. The average Bonchev–Trinajstić information content (AvgIpc) is 3.24. The van der Waals surface area contributed by atoms with Gasteiger partial charge in [0, 0.05) is 17.2 Å². The highest BCUT2D eigenvalue weighted by Crippen LogP contribution is 2.55. The predicted octanol–water partition coefficient (Wildman–Crippen LogP) is 2.32. The number of hydrogen-bond acceptors (Lipinski definition) is 6. The van der Waals surface area contributed by atoms with E-state index < -0.39 is 12.0 Å². The molecule has 2 unspecified atom stereocenters. The van der Waals surface area contributed by atoms with Crippen molar-refractivity contribution in [1.29, 1.82) is 0 Å². The van der Waals surface area contributed by atoms with Crippen molar-refractivity contribution in [2.24, 2.45) is 0 Å². The molecule has 27 heavy (non-hydrogen) atoms. The number of thioether (sulfide) groups is 1. The van der Waals surface area contributed by atoms with Crippen molar-refractivity contribution in [3.63, 3.8) is 0 Å². The van der Waals surface area contributed by atoms with E-state index in [1.165, 1.54) is 5.56 Å². The second kappa shape index (κ2) is 6.87. The molecule has 4 rings (SSSR count). The van der Waals surface area contributed by atoms with E-state index in [0.29, 0.717) is 11.8 Å². The molecule has 1 spiro atoms. The van der Waals surface area contributed by atoms with E-state index in [1.54, 1.807) is 26.0 Å². The summed E-state index contributed by atoms with van der Waals surface area (Å²) in [5, 5.41) is 12.8. The molecule has 1 aliphatic carbocycles. The minimum Gasteiger partial charge on any atom is -0.493 e. The number of nitrogens with one attached hydrogen (secondary N) is 1. The molecular formula is C20H28N2O4S. The minimum atomic E-state index is -0.740. The number of nitrogens with zero attached hydrogens (tertiary/aromatic N) is 1. The molecule has 0 amide bonds. The Morgan fingerprint density at radius 2 is 2.04 bits per heavy atom. The number of likely N-dealkylation sites (tertiary alicyclic amines) is 1. The van der Waals surface area contributed by atoms with Crippen LogP contribution in [0.2, 0.25) is 0 Å². The van der Waals surface area contributed by atoms with Crippen LogP contribution in [0.15, 0.2) is 18.2 Å². The van der Waals surface area contributed by atoms with Gasteiger partial charge in [-0.1, -0.05) is 6.07 Å². The van der Waals surface area contributed by atoms with Crippen LogP contribution < -0.4 is 14.8 Å². The quantitative estimate of drug-likeness (QED) is 0.815. The number of likely N-dealkylation sites (N-methyl/N-ethyl adjacent to an activating group) is 1. The van der Waals surface area contributed by atoms with Gasteiger partial charge in [0.25, 0.3) is 0 Å². The van der Waals surface area contributed by atoms with E-state index in [9.17, 15) is 9.90 Å². The van der Waals surface area contributed by atoms with E-state index in [0.717, 1.165) is 43.7 Å². The number of carboxylic acids is 1. The molecular weight excluding hydrogens is 364 g/mol. The third-order valence-electron chi connectivity index (χ3n) is 6.80. The van der Waals surface area contributed by atoms with E-state index in [2.05, 4.69) is 29.4 Å². The monoisotopic (exact) mass is 392 g/mol. The second-order valence-corrected chi connectivity index (χ2v) is 9.42. The molecule has 2 heterocycles. The van der Waals surface area contributed by atoms with Gasteiger partial charge in [-0.25, -0.2) is 0 Å². The van der Waals surface area contributed by atoms with Gasteiger partial charge in [0.15, 0.2) is 11.5 Å². The van der Waals surface area contributed by atoms with Crippen molar-refractivity contribution in [2.45, 2.75) is 48.1 Å². The molecule has 2 aliphatic heterocycles. The number of ether oxygens (including phenoxy) is 2. The fourth-order valence-electron chi connectivity index (χ4n) is 5.27. The lowest BCUT2D eigenvalue weighted by atomic mass is 9.64. The minimum absolute atomic E-state index is 0.0864. The fraction of sp³-hybridized carbons (Fsp3) is 0.650. The van der Waals surface area contributed by atoms with Crippen molar-refractivity contribution >= 4 is 17.7 Å². The smallest absolute Gasteiger partial charge is 0.321 e. The van der Waals surface area contributed by atoms with Gasteiger partial charge < -0.3 is 19.5 Å². The Labute approximate surface area is 164 Å². The first-order valence-corrected chi connectivity index (χ1v) is 10.5. The highest BCUT2D eigenvalue weighted by Gasteiger charge is 2.57. The first-order valence-electron chi connectivity index (χ1n) is 9.50. The van der Waals surface area contributed by atoms with Crippen LogP contribution in [0.25, 0.3) is 0 Å². The molecule has 3 aliphatic rings. The molecule has 4 atom stereocenters. The molecule has 0 bridgehead atoms. The Hall–Kier alpha value is -1.44. The Kier molecular flexibility index (Phi) is 4.81. The van der Waals surface area contributed by atoms with Crippen LogP contribution in [0.1, 0.15) is 31.2 Å². The number of carbonyl (C=O) groups is 1. The molecule has 2 saturated heterocycles. The third-order valence-corrected chi connectivity index (χ3v) is 8.34. The van der Waals surface area contributed by atoms with Crippen LogP contribution in [-0.4, -0.2) is 66.5 Å². The van der Waals surface area contributed by atoms with Crippen molar-refractivity contribution in [3.05, 3.63) is 23.8 Å². The van der Waals surface area contributed by atoms with Crippen LogP contribution >= 0.6 is 11.8 Å². The zero-order chi connectivity index (χ0) is 19.2. The molecule has 6 nitrogen and oxygen atoms in total. The van der Waals surface area contributed by atoms with Gasteiger partial charge in [-0.05, 0) is 57.0 Å². The molecule has 3 fully saturated rings. The van der Waals surface area contributed by atoms with Gasteiger partial charge in [-0.3, -0.25) is 10.1 Å². The van der Waals surface area contributed by atoms with Gasteiger partial charge in [-0.2, -0.15) is 0 Å². The second-order valence-electron chi connectivity index (χ2n) is 8.02. The Balaban J connectivity index is 1.65. The van der Waals surface area contributed by atoms with Gasteiger partial charge in [0.05, 0.1) is 19.1 Å². The topological polar surface area (TPSA) is 71.0 Å². The summed E-state index contributed by atoms with van der Waals surface area (Å²) < 4.78 is 11.0. The largest absolute Gasteiger partial charge is 0.493 e. The number of carboxylic acid groups (broad SMARTS) is 1. The number of hydrogen-bond donors (Lipinski definition) is 2. The third kappa shape index (κ3) is 3.00. The summed E-state index contributed by atoms with van der Waals surface area (Å²) in [6.45, 7) is 1.06. The molecule has 7 heteroatoms. The van der Waals surface area contributed by atoms with Crippen molar-refractivity contribution < 1.29 is 19.4 Å². The maximum atomic E-state index is 11.4. The maximum Gasteiger partial charge on any atom is 0.321 e. The number of rotatable bonds is 4. The van der Waals surface area contributed by atoms with E-state index in [4.69, 9.17) is 9.47 Å². The summed E-state index contributed by atoms with van der Waals surface area (Å²) in [5.41, 5.74) is 1.39. The zero-order valence-electron chi connectivity index (χ0n) is 16.2. The SMILES string of the molecule is COc1ccc([C@]23CCN(C)[C@H]2CC2(CC3)NC(C(=O)O)CS2)cc1OC. The highest BCUT2D eigenvalue weighted by atomic mass is 32.2. The standard InChI is InChI=1S/C20H28N2O4S/c1-22-9-8-19(13-4-5-15(25-2)16(10-13)26-3)6-7-20(11-17(19)22)21-14(12-27-20)18(23)24/h4-5,10,14,17,21H,6-9,11-12H2,1-3H3,(H,23,24)/t14?,17-,19-,20?/m0/s1. The Morgan fingerprint density at radius 1 is 1.26 bits per heavy atom. The first kappa shape index (κ1) is 18.9. The van der Waals surface area contributed by atoms with E-state index in [-0.39, 0.29) is 10.3 Å². The normalized spacial score (nSPS) is 36.0. The van der Waals surface area contributed by atoms with Crippen LogP contribution in [0, 0.1) is 0 Å². The van der Waals surface area contributed by atoms with Gasteiger partial charge in [0.2, 0.25) is 0 Å². The van der Waals surface area contributed by atoms with Crippen LogP contribution in [0.5, 0.6) is 11.5 Å². The summed E-state index contributed by atoms with van der Waals surface area (Å²) >= 11 is 1.80. The molecule has 1 aromatic carbocycles. The van der Waals surface area contributed by atoms with Crippen LogP contribution in [0.3, 0.4) is 0 Å². The molecule has 148 valence electrons. The van der Waals surface area contributed by atoms with Crippen LogP contribution in [-0.2, 0) is 10.2 Å². The lowest BCUT2D eigenvalue weighted by Crippen LogP contribution is -2.56. The lowest BCUT2D eigenvalue weighted by Gasteiger charge is -2.49. The lowest BCUT2D eigenvalue weighted by molar-refractivity contribution is -0.139. The number of fused-ring (bicyclic) bond motifs is 1. The summed E-state index contributed by atoms with van der Waals surface area (Å²) in [6.07, 6.45) is 4.11. The molecule has 2 N–H and O–H groups in total. The van der Waals surface area contributed by atoms with Crippen molar-refractivity contribution in [1.82, 2.24) is 10.2 Å². The molecule has 1 aromatic rings. The highest BCUT2D eigenvalue weighted by molar-refractivity contribution is 8.01. The summed E-state index contributed by atoms with van der Waals surface area (Å²) in [7, 11) is 5.53. The van der Waals surface area contributed by atoms with E-state index >= 15 is 0 Å². The van der Waals surface area contributed by atoms with Gasteiger partial charge >= 0.3 is 5.97 Å². The molecule has 0 aromatic heterocycles. The predicted molar refractivity (Wildman–Crippen MR) is 106 cm³/mol. The van der Waals surface area contributed by atoms with E-state index in [1.807, 2.05) is 6.07 Å². The average molecular weight is 393 g/mol. The van der Waals surface area contributed by atoms with Crippen molar-refractivity contribution in [2.75, 3.05) is 33.6 Å². The summed E-state index contributed by atoms with van der Waals surface area (Å²) in [4.78, 5) is 13.8. The van der Waals surface area contributed by atoms with Gasteiger partial charge in [-0.15, -0.1) is 11.8 Å². The van der Waals surface area contributed by atoms with Crippen molar-refractivity contribution in [3.8, 4) is 11.5 Å². The number of methoxy groups -OCH3 is 2. The number of aliphatic carboxylic acids is 1. The Bertz CT molecular complexity index is 745. The molecule has 1 saturated carbocycles. The summed E-state index contributed by atoms with van der Waals surface area (Å²) in [5.74, 6) is 1.44. The maximum absolute atomic E-state index is 11.4. The van der Waals surface area contributed by atoms with Crippen LogP contribution in [0.4, 0.5) is 0 Å². The number of benzene rings is 1. The fourth-order valence-corrected chi connectivity index (χ4v) is 6.73. The first-order chi connectivity index (χ1) is 12.9. The molecule has 0 radical (unpaired) electrons. The van der Waals surface area contributed by atoms with Gasteiger partial charge in [0.1, 0.15) is 6.04 Å².